The molecule has 2 aromatic rings. The minimum Gasteiger partial charge on any atom is -0.324 e. The third kappa shape index (κ3) is 2.52. The van der Waals surface area contributed by atoms with Gasteiger partial charge in [-0.15, -0.1) is 12.4 Å². The van der Waals surface area contributed by atoms with Crippen LogP contribution in [0.1, 0.15) is 31.2 Å². The summed E-state index contributed by atoms with van der Waals surface area (Å²) in [5.41, 5.74) is 2.70. The van der Waals surface area contributed by atoms with Crippen LogP contribution in [-0.4, -0.2) is 29.2 Å². The van der Waals surface area contributed by atoms with Crippen molar-refractivity contribution in [3.05, 3.63) is 23.9 Å². The smallest absolute Gasteiger partial charge is 0.232 e. The number of nitrogens with one attached hydrogen (secondary N) is 3. The molecule has 1 aromatic carbocycles. The highest BCUT2D eigenvalue weighted by molar-refractivity contribution is 6.03. The fraction of sp³-hybridized carbons (Fsp3) is 0.529. The van der Waals surface area contributed by atoms with Crippen molar-refractivity contribution in [2.45, 2.75) is 32.6 Å². The van der Waals surface area contributed by atoms with E-state index in [4.69, 9.17) is 0 Å². The van der Waals surface area contributed by atoms with Crippen molar-refractivity contribution in [1.82, 2.24) is 15.5 Å². The van der Waals surface area contributed by atoms with Gasteiger partial charge in [-0.2, -0.15) is 5.10 Å². The first-order valence-corrected chi connectivity index (χ1v) is 8.15. The summed E-state index contributed by atoms with van der Waals surface area (Å²) >= 11 is 0. The van der Waals surface area contributed by atoms with Gasteiger partial charge < -0.3 is 10.6 Å². The van der Waals surface area contributed by atoms with E-state index in [9.17, 15) is 4.79 Å². The summed E-state index contributed by atoms with van der Waals surface area (Å²) in [7, 11) is 0. The molecule has 2 atom stereocenters. The van der Waals surface area contributed by atoms with Crippen LogP contribution in [0.4, 0.5) is 5.69 Å². The van der Waals surface area contributed by atoms with Crippen LogP contribution in [0.25, 0.3) is 10.9 Å². The maximum absolute atomic E-state index is 13.0. The van der Waals surface area contributed by atoms with Crippen molar-refractivity contribution in [2.75, 3.05) is 18.4 Å². The topological polar surface area (TPSA) is 69.8 Å². The van der Waals surface area contributed by atoms with Gasteiger partial charge >= 0.3 is 0 Å². The highest BCUT2D eigenvalue weighted by Gasteiger charge is 2.49. The second kappa shape index (κ2) is 6.13. The van der Waals surface area contributed by atoms with E-state index in [1.165, 1.54) is 6.42 Å². The molecule has 2 fully saturated rings. The Bertz CT molecular complexity index is 728. The third-order valence-electron chi connectivity index (χ3n) is 5.57. The molecule has 1 aliphatic heterocycles. The molecule has 0 spiro atoms. The molecular weight excluding hydrogens is 312 g/mol. The number of hydrogen-bond acceptors (Lipinski definition) is 3. The number of carbonyl (C=O) groups excluding carboxylic acids is 1. The number of aromatic amines is 1. The average Bonchev–Trinajstić information content (AvgIpc) is 3.17. The fourth-order valence-corrected chi connectivity index (χ4v) is 4.21. The Labute approximate surface area is 142 Å². The molecule has 1 saturated carbocycles. The lowest BCUT2D eigenvalue weighted by molar-refractivity contribution is -0.128. The largest absolute Gasteiger partial charge is 0.324 e. The number of anilines is 1. The van der Waals surface area contributed by atoms with Crippen LogP contribution in [0, 0.1) is 18.3 Å². The summed E-state index contributed by atoms with van der Waals surface area (Å²) in [5, 5.41) is 14.8. The van der Waals surface area contributed by atoms with Crippen LogP contribution in [0.2, 0.25) is 0 Å². The Hall–Kier alpha value is -1.59. The van der Waals surface area contributed by atoms with E-state index in [1.54, 1.807) is 0 Å². The van der Waals surface area contributed by atoms with E-state index < -0.39 is 0 Å². The second-order valence-corrected chi connectivity index (χ2v) is 6.77. The van der Waals surface area contributed by atoms with E-state index in [0.29, 0.717) is 5.92 Å². The zero-order valence-corrected chi connectivity index (χ0v) is 14.1. The van der Waals surface area contributed by atoms with Crippen molar-refractivity contribution < 1.29 is 4.79 Å². The number of nitrogens with zero attached hydrogens (tertiary/aromatic N) is 1. The number of aromatic nitrogens is 2. The predicted octanol–water partition coefficient (Wildman–Crippen LogP) is 3.01. The molecule has 23 heavy (non-hydrogen) atoms. The van der Waals surface area contributed by atoms with E-state index in [2.05, 4.69) is 27.8 Å². The van der Waals surface area contributed by atoms with Crippen molar-refractivity contribution >= 4 is 34.9 Å². The van der Waals surface area contributed by atoms with Gasteiger partial charge in [-0.1, -0.05) is 18.9 Å². The van der Waals surface area contributed by atoms with Gasteiger partial charge in [-0.3, -0.25) is 9.89 Å². The Kier molecular flexibility index (Phi) is 4.34. The molecule has 0 unspecified atom stereocenters. The molecule has 2 aliphatic rings. The zero-order chi connectivity index (χ0) is 15.2. The first-order chi connectivity index (χ1) is 10.7. The molecule has 1 saturated heterocycles. The van der Waals surface area contributed by atoms with Gasteiger partial charge in [-0.25, -0.2) is 0 Å². The standard InChI is InChI=1S/C17H22N4O.ClH/c1-11-5-6-14(15-13(11)9-19-21-15)20-16(22)17-7-3-2-4-12(17)8-18-10-17;/h5-6,9,12,18H,2-4,7-8,10H2,1H3,(H,19,21)(H,20,22);1H/t12-,17+;/m0./s1. The molecule has 0 radical (unpaired) electrons. The summed E-state index contributed by atoms with van der Waals surface area (Å²) < 4.78 is 0. The average molecular weight is 335 g/mol. The Morgan fingerprint density at radius 3 is 3.13 bits per heavy atom. The molecule has 1 aliphatic carbocycles. The van der Waals surface area contributed by atoms with Crippen LogP contribution in [0.15, 0.2) is 18.3 Å². The van der Waals surface area contributed by atoms with E-state index in [0.717, 1.165) is 54.5 Å². The Morgan fingerprint density at radius 1 is 1.39 bits per heavy atom. The third-order valence-corrected chi connectivity index (χ3v) is 5.57. The number of rotatable bonds is 2. The van der Waals surface area contributed by atoms with Crippen LogP contribution in [0.3, 0.4) is 0 Å². The van der Waals surface area contributed by atoms with Gasteiger partial charge in [-0.05, 0) is 43.9 Å². The molecule has 124 valence electrons. The Morgan fingerprint density at radius 2 is 2.26 bits per heavy atom. The zero-order valence-electron chi connectivity index (χ0n) is 13.3. The molecule has 6 heteroatoms. The number of fused-ring (bicyclic) bond motifs is 2. The van der Waals surface area contributed by atoms with Crippen molar-refractivity contribution in [1.29, 1.82) is 0 Å². The van der Waals surface area contributed by atoms with Crippen molar-refractivity contribution in [3.8, 4) is 0 Å². The molecule has 0 bridgehead atoms. The van der Waals surface area contributed by atoms with Gasteiger partial charge in [0.2, 0.25) is 5.91 Å². The maximum atomic E-state index is 13.0. The summed E-state index contributed by atoms with van der Waals surface area (Å²) in [6.07, 6.45) is 6.37. The predicted molar refractivity (Wildman–Crippen MR) is 94.0 cm³/mol. The molecular formula is C17H23ClN4O. The van der Waals surface area contributed by atoms with E-state index in [-0.39, 0.29) is 23.7 Å². The van der Waals surface area contributed by atoms with Crippen molar-refractivity contribution in [2.24, 2.45) is 11.3 Å². The number of H-pyrrole nitrogens is 1. The minimum atomic E-state index is -0.227. The number of halogens is 1. The van der Waals surface area contributed by atoms with Crippen LogP contribution >= 0.6 is 12.4 Å². The number of benzene rings is 1. The number of carbonyl (C=O) groups is 1. The van der Waals surface area contributed by atoms with Gasteiger partial charge in [0.05, 0.1) is 22.8 Å². The molecule has 3 N–H and O–H groups in total. The monoisotopic (exact) mass is 334 g/mol. The molecule has 1 aromatic heterocycles. The van der Waals surface area contributed by atoms with Crippen LogP contribution in [0.5, 0.6) is 0 Å². The quantitative estimate of drug-likeness (QED) is 0.790. The first kappa shape index (κ1) is 16.3. The minimum absolute atomic E-state index is 0. The van der Waals surface area contributed by atoms with Crippen molar-refractivity contribution in [3.63, 3.8) is 0 Å². The maximum Gasteiger partial charge on any atom is 0.232 e. The lowest BCUT2D eigenvalue weighted by Gasteiger charge is -2.37. The molecule has 2 heterocycles. The van der Waals surface area contributed by atoms with Gasteiger partial charge in [0, 0.05) is 11.9 Å². The van der Waals surface area contributed by atoms with E-state index in [1.807, 2.05) is 18.3 Å². The lowest BCUT2D eigenvalue weighted by Crippen LogP contribution is -2.44. The summed E-state index contributed by atoms with van der Waals surface area (Å²) in [5.74, 6) is 0.644. The van der Waals surface area contributed by atoms with Gasteiger partial charge in [0.25, 0.3) is 0 Å². The highest BCUT2D eigenvalue weighted by Crippen LogP contribution is 2.44. The van der Waals surface area contributed by atoms with Gasteiger partial charge in [0.1, 0.15) is 0 Å². The summed E-state index contributed by atoms with van der Waals surface area (Å²) in [4.78, 5) is 13.0. The number of hydrogen-bond donors (Lipinski definition) is 3. The second-order valence-electron chi connectivity index (χ2n) is 6.77. The summed E-state index contributed by atoms with van der Waals surface area (Å²) in [6, 6.07) is 4.01. The number of aryl methyl sites for hydroxylation is 1. The number of amides is 1. The summed E-state index contributed by atoms with van der Waals surface area (Å²) in [6.45, 7) is 3.84. The SMILES string of the molecule is Cc1ccc(NC(=O)[C@@]23CCCC[C@H]2CNC3)c2[nH]ncc12.Cl. The molecule has 1 amide bonds. The van der Waals surface area contributed by atoms with E-state index >= 15 is 0 Å². The normalized spacial score (nSPS) is 26.6. The van der Waals surface area contributed by atoms with Crippen LogP contribution in [-0.2, 0) is 4.79 Å². The molecule has 5 nitrogen and oxygen atoms in total. The first-order valence-electron chi connectivity index (χ1n) is 8.15. The lowest BCUT2D eigenvalue weighted by atomic mass is 9.67. The van der Waals surface area contributed by atoms with Gasteiger partial charge in [0.15, 0.2) is 0 Å². The fourth-order valence-electron chi connectivity index (χ4n) is 4.21. The highest BCUT2D eigenvalue weighted by atomic mass is 35.5. The molecule has 4 rings (SSSR count). The Balaban J connectivity index is 0.00000156. The van der Waals surface area contributed by atoms with Crippen LogP contribution < -0.4 is 10.6 Å².